The highest BCUT2D eigenvalue weighted by molar-refractivity contribution is 5.30. The number of nitrogens with one attached hydrogen (secondary N) is 1. The zero-order valence-electron chi connectivity index (χ0n) is 9.62. The highest BCUT2D eigenvalue weighted by atomic mass is 16.5. The van der Waals surface area contributed by atoms with E-state index in [1.54, 1.807) is 14.2 Å². The van der Waals surface area contributed by atoms with Gasteiger partial charge < -0.3 is 14.8 Å². The fourth-order valence-electron chi connectivity index (χ4n) is 1.41. The van der Waals surface area contributed by atoms with E-state index in [4.69, 9.17) is 9.47 Å². The Bertz CT molecular complexity index is 289. The van der Waals surface area contributed by atoms with Crippen molar-refractivity contribution in [2.45, 2.75) is 13.0 Å². The lowest BCUT2D eigenvalue weighted by Gasteiger charge is -2.14. The summed E-state index contributed by atoms with van der Waals surface area (Å²) in [5.41, 5.74) is 1.23. The molecule has 1 unspecified atom stereocenters. The van der Waals surface area contributed by atoms with Crippen molar-refractivity contribution < 1.29 is 9.47 Å². The number of benzene rings is 1. The van der Waals surface area contributed by atoms with Crippen molar-refractivity contribution in [3.63, 3.8) is 0 Å². The maximum absolute atomic E-state index is 5.18. The molecule has 0 spiro atoms. The van der Waals surface area contributed by atoms with E-state index in [-0.39, 0.29) is 0 Å². The Labute approximate surface area is 91.4 Å². The lowest BCUT2D eigenvalue weighted by molar-refractivity contribution is 0.196. The largest absolute Gasteiger partial charge is 0.497 e. The van der Waals surface area contributed by atoms with Crippen LogP contribution in [0, 0.1) is 0 Å². The summed E-state index contributed by atoms with van der Waals surface area (Å²) < 4.78 is 10.2. The molecule has 0 aliphatic heterocycles. The van der Waals surface area contributed by atoms with Gasteiger partial charge in [-0.3, -0.25) is 0 Å². The number of rotatable bonds is 6. The molecule has 1 N–H and O–H groups in total. The molecule has 0 saturated heterocycles. The molecule has 0 fully saturated rings. The topological polar surface area (TPSA) is 30.5 Å². The van der Waals surface area contributed by atoms with Gasteiger partial charge in [-0.25, -0.2) is 0 Å². The molecule has 0 aliphatic rings. The Balaban J connectivity index is 2.52. The summed E-state index contributed by atoms with van der Waals surface area (Å²) in [4.78, 5) is 0. The minimum Gasteiger partial charge on any atom is -0.497 e. The van der Waals surface area contributed by atoms with Crippen LogP contribution >= 0.6 is 0 Å². The molecule has 0 aliphatic carbocycles. The van der Waals surface area contributed by atoms with E-state index < -0.39 is 0 Å². The van der Waals surface area contributed by atoms with Gasteiger partial charge in [0.2, 0.25) is 0 Å². The maximum atomic E-state index is 5.18. The lowest BCUT2D eigenvalue weighted by Crippen LogP contribution is -2.22. The van der Waals surface area contributed by atoms with Crippen LogP contribution in [0.25, 0.3) is 0 Å². The summed E-state index contributed by atoms with van der Waals surface area (Å²) >= 11 is 0. The van der Waals surface area contributed by atoms with Crippen LogP contribution in [0.1, 0.15) is 18.5 Å². The van der Waals surface area contributed by atoms with Gasteiger partial charge in [0.15, 0.2) is 0 Å². The summed E-state index contributed by atoms with van der Waals surface area (Å²) in [6, 6.07) is 8.40. The average molecular weight is 209 g/mol. The van der Waals surface area contributed by atoms with Crippen LogP contribution in [0.4, 0.5) is 0 Å². The molecule has 0 amide bonds. The molecule has 0 aromatic heterocycles. The Kier molecular flexibility index (Phi) is 5.15. The molecule has 3 heteroatoms. The zero-order valence-corrected chi connectivity index (χ0v) is 9.62. The molecule has 1 atom stereocenters. The minimum atomic E-state index is 0.315. The van der Waals surface area contributed by atoms with Crippen molar-refractivity contribution in [1.29, 1.82) is 0 Å². The molecule has 0 bridgehead atoms. The highest BCUT2D eigenvalue weighted by Gasteiger charge is 2.04. The minimum absolute atomic E-state index is 0.315. The van der Waals surface area contributed by atoms with Crippen LogP contribution in [0.2, 0.25) is 0 Å². The second kappa shape index (κ2) is 6.43. The first kappa shape index (κ1) is 12.0. The average Bonchev–Trinajstić information content (AvgIpc) is 2.29. The Morgan fingerprint density at radius 1 is 1.33 bits per heavy atom. The number of methoxy groups -OCH3 is 2. The third-order valence-electron chi connectivity index (χ3n) is 2.35. The smallest absolute Gasteiger partial charge is 0.119 e. The maximum Gasteiger partial charge on any atom is 0.119 e. The van der Waals surface area contributed by atoms with Crippen molar-refractivity contribution in [3.8, 4) is 5.75 Å². The Morgan fingerprint density at radius 3 is 2.80 bits per heavy atom. The first-order valence-corrected chi connectivity index (χ1v) is 5.14. The van der Waals surface area contributed by atoms with Gasteiger partial charge in [-0.15, -0.1) is 0 Å². The molecule has 1 aromatic rings. The summed E-state index contributed by atoms with van der Waals surface area (Å²) in [7, 11) is 3.39. The number of hydrogen-bond donors (Lipinski definition) is 1. The molecular weight excluding hydrogens is 190 g/mol. The third-order valence-corrected chi connectivity index (χ3v) is 2.35. The third kappa shape index (κ3) is 3.90. The fraction of sp³-hybridized carbons (Fsp3) is 0.500. The molecule has 0 radical (unpaired) electrons. The second-order valence-electron chi connectivity index (χ2n) is 3.45. The van der Waals surface area contributed by atoms with E-state index in [1.807, 2.05) is 18.2 Å². The van der Waals surface area contributed by atoms with Gasteiger partial charge >= 0.3 is 0 Å². The van der Waals surface area contributed by atoms with Crippen molar-refractivity contribution in [2.24, 2.45) is 0 Å². The van der Waals surface area contributed by atoms with Gasteiger partial charge in [-0.1, -0.05) is 12.1 Å². The first-order chi connectivity index (χ1) is 7.27. The summed E-state index contributed by atoms with van der Waals surface area (Å²) in [5.74, 6) is 0.896. The SMILES string of the molecule is COCCNC(C)c1cccc(OC)c1. The molecule has 1 aromatic carbocycles. The standard InChI is InChI=1S/C12H19NO2/c1-10(13-7-8-14-2)11-5-4-6-12(9-11)15-3/h4-6,9-10,13H,7-8H2,1-3H3. The van der Waals surface area contributed by atoms with Crippen molar-refractivity contribution >= 4 is 0 Å². The van der Waals surface area contributed by atoms with E-state index in [0.717, 1.165) is 18.9 Å². The molecule has 1 rings (SSSR count). The highest BCUT2D eigenvalue weighted by Crippen LogP contribution is 2.18. The summed E-state index contributed by atoms with van der Waals surface area (Å²) in [6.07, 6.45) is 0. The van der Waals surface area contributed by atoms with Crippen LogP contribution in [0.5, 0.6) is 5.75 Å². The quantitative estimate of drug-likeness (QED) is 0.727. The second-order valence-corrected chi connectivity index (χ2v) is 3.45. The zero-order chi connectivity index (χ0) is 11.1. The monoisotopic (exact) mass is 209 g/mol. The number of hydrogen-bond acceptors (Lipinski definition) is 3. The van der Waals surface area contributed by atoms with Gasteiger partial charge in [0, 0.05) is 19.7 Å². The van der Waals surface area contributed by atoms with E-state index in [1.165, 1.54) is 5.56 Å². The van der Waals surface area contributed by atoms with Crippen LogP contribution < -0.4 is 10.1 Å². The lowest BCUT2D eigenvalue weighted by atomic mass is 10.1. The van der Waals surface area contributed by atoms with Gasteiger partial charge in [0.1, 0.15) is 5.75 Å². The van der Waals surface area contributed by atoms with Gasteiger partial charge in [-0.2, -0.15) is 0 Å². The molecule has 0 saturated carbocycles. The van der Waals surface area contributed by atoms with Crippen LogP contribution in [-0.2, 0) is 4.74 Å². The van der Waals surface area contributed by atoms with Gasteiger partial charge in [0.05, 0.1) is 13.7 Å². The molecule has 0 heterocycles. The van der Waals surface area contributed by atoms with E-state index in [2.05, 4.69) is 18.3 Å². The number of ether oxygens (including phenoxy) is 2. The van der Waals surface area contributed by atoms with Crippen LogP contribution in [-0.4, -0.2) is 27.4 Å². The summed E-state index contributed by atoms with van der Waals surface area (Å²) in [5, 5.41) is 3.37. The fourth-order valence-corrected chi connectivity index (χ4v) is 1.41. The van der Waals surface area contributed by atoms with E-state index in [9.17, 15) is 0 Å². The predicted octanol–water partition coefficient (Wildman–Crippen LogP) is 1.99. The predicted molar refractivity (Wildman–Crippen MR) is 61.3 cm³/mol. The van der Waals surface area contributed by atoms with Crippen molar-refractivity contribution in [2.75, 3.05) is 27.4 Å². The Morgan fingerprint density at radius 2 is 2.13 bits per heavy atom. The normalized spacial score (nSPS) is 12.5. The Hall–Kier alpha value is -1.06. The first-order valence-electron chi connectivity index (χ1n) is 5.14. The van der Waals surface area contributed by atoms with Crippen LogP contribution in [0.15, 0.2) is 24.3 Å². The molecule has 84 valence electrons. The van der Waals surface area contributed by atoms with Gasteiger partial charge in [0.25, 0.3) is 0 Å². The van der Waals surface area contributed by atoms with E-state index in [0.29, 0.717) is 6.04 Å². The molecular formula is C12H19NO2. The summed E-state index contributed by atoms with van der Waals surface area (Å²) in [6.45, 7) is 3.72. The molecule has 3 nitrogen and oxygen atoms in total. The van der Waals surface area contributed by atoms with E-state index >= 15 is 0 Å². The van der Waals surface area contributed by atoms with Gasteiger partial charge in [-0.05, 0) is 24.6 Å². The molecule has 15 heavy (non-hydrogen) atoms. The van der Waals surface area contributed by atoms with Crippen LogP contribution in [0.3, 0.4) is 0 Å². The van der Waals surface area contributed by atoms with Crippen molar-refractivity contribution in [1.82, 2.24) is 5.32 Å². The van der Waals surface area contributed by atoms with Crippen molar-refractivity contribution in [3.05, 3.63) is 29.8 Å².